The number of carbonyl (C=O) groups excluding carboxylic acids is 2. The predicted molar refractivity (Wildman–Crippen MR) is 86.7 cm³/mol. The number of thiocarbonyl (C=S) groups is 1. The van der Waals surface area contributed by atoms with Crippen molar-refractivity contribution in [1.82, 2.24) is 10.2 Å². The summed E-state index contributed by atoms with van der Waals surface area (Å²) in [6.45, 7) is 0.640. The van der Waals surface area contributed by atoms with E-state index in [-0.39, 0.29) is 18.4 Å². The van der Waals surface area contributed by atoms with Crippen molar-refractivity contribution in [1.29, 1.82) is 0 Å². The van der Waals surface area contributed by atoms with Crippen molar-refractivity contribution in [2.45, 2.75) is 0 Å². The molecule has 0 spiro atoms. The number of benzene rings is 1. The van der Waals surface area contributed by atoms with Crippen molar-refractivity contribution in [3.05, 3.63) is 29.3 Å². The number of hydrogen-bond donors (Lipinski definition) is 1. The van der Waals surface area contributed by atoms with Crippen molar-refractivity contribution in [3.8, 4) is 5.75 Å². The van der Waals surface area contributed by atoms with E-state index in [1.807, 2.05) is 0 Å². The number of hydrogen-bond acceptors (Lipinski definition) is 5. The first kappa shape index (κ1) is 16.1. The van der Waals surface area contributed by atoms with Crippen molar-refractivity contribution in [3.63, 3.8) is 0 Å². The normalized spacial score (nSPS) is 14.4. The highest BCUT2D eigenvalue weighted by Gasteiger charge is 2.25. The molecule has 0 saturated carbocycles. The topological polar surface area (TPSA) is 58.6 Å². The van der Waals surface area contributed by atoms with E-state index in [2.05, 4.69) is 5.32 Å². The molecule has 1 aliphatic rings. The van der Waals surface area contributed by atoms with Gasteiger partial charge in [-0.3, -0.25) is 14.5 Å². The molecule has 2 rings (SSSR count). The Morgan fingerprint density at radius 2 is 2.14 bits per heavy atom. The maximum atomic E-state index is 11.6. The number of nitrogens with one attached hydrogen (secondary N) is 1. The Bertz CT molecular complexity index is 535. The van der Waals surface area contributed by atoms with Gasteiger partial charge in [0.25, 0.3) is 5.91 Å². The molecule has 112 valence electrons. The lowest BCUT2D eigenvalue weighted by Crippen LogP contribution is -2.38. The lowest BCUT2D eigenvalue weighted by atomic mass is 10.3. The predicted octanol–water partition coefficient (Wildman–Crippen LogP) is 1.70. The number of ether oxygens (including phenoxy) is 1. The molecular formula is C13H13ClN2O3S2. The molecule has 2 amide bonds. The van der Waals surface area contributed by atoms with Crippen LogP contribution in [0.25, 0.3) is 0 Å². The minimum absolute atomic E-state index is 0.0170. The van der Waals surface area contributed by atoms with Gasteiger partial charge in [0, 0.05) is 18.1 Å². The zero-order chi connectivity index (χ0) is 15.2. The summed E-state index contributed by atoms with van der Waals surface area (Å²) in [5, 5.41) is 3.29. The average molecular weight is 345 g/mol. The number of carbonyl (C=O) groups is 2. The summed E-state index contributed by atoms with van der Waals surface area (Å²) in [7, 11) is 0. The summed E-state index contributed by atoms with van der Waals surface area (Å²) in [6, 6.07) is 6.75. The third-order valence-corrected chi connectivity index (χ3v) is 4.37. The number of halogens is 1. The van der Waals surface area contributed by atoms with Crippen molar-refractivity contribution in [2.75, 3.05) is 25.4 Å². The first-order chi connectivity index (χ1) is 10.1. The standard InChI is InChI=1S/C13H13ClN2O3S2/c14-9-1-3-10(4-2-9)19-7-11(17)15-5-6-16-12(18)8-21-13(16)20/h1-4H,5-8H2,(H,15,17). The summed E-state index contributed by atoms with van der Waals surface area (Å²) in [5.41, 5.74) is 0. The minimum Gasteiger partial charge on any atom is -0.484 e. The average Bonchev–Trinajstić information content (AvgIpc) is 2.78. The van der Waals surface area contributed by atoms with E-state index < -0.39 is 0 Å². The van der Waals surface area contributed by atoms with E-state index >= 15 is 0 Å². The molecule has 1 fully saturated rings. The van der Waals surface area contributed by atoms with Crippen LogP contribution in [0.4, 0.5) is 0 Å². The van der Waals surface area contributed by atoms with Crippen molar-refractivity contribution in [2.24, 2.45) is 0 Å². The Morgan fingerprint density at radius 3 is 2.76 bits per heavy atom. The summed E-state index contributed by atoms with van der Waals surface area (Å²) in [6.07, 6.45) is 0. The van der Waals surface area contributed by atoms with Gasteiger partial charge in [-0.15, -0.1) is 0 Å². The fourth-order valence-corrected chi connectivity index (χ4v) is 2.88. The van der Waals surface area contributed by atoms with Crippen LogP contribution in [0.2, 0.25) is 5.02 Å². The molecule has 0 aromatic heterocycles. The van der Waals surface area contributed by atoms with Gasteiger partial charge in [-0.2, -0.15) is 0 Å². The Labute approximate surface area is 137 Å². The second-order valence-electron chi connectivity index (χ2n) is 4.19. The van der Waals surface area contributed by atoms with Crippen LogP contribution in [0, 0.1) is 0 Å². The Hall–Kier alpha value is -1.31. The molecule has 0 radical (unpaired) electrons. The highest BCUT2D eigenvalue weighted by Crippen LogP contribution is 2.18. The van der Waals surface area contributed by atoms with E-state index in [0.717, 1.165) is 0 Å². The third kappa shape index (κ3) is 4.87. The van der Waals surface area contributed by atoms with Crippen LogP contribution in [0.15, 0.2) is 24.3 Å². The molecule has 8 heteroatoms. The lowest BCUT2D eigenvalue weighted by Gasteiger charge is -2.15. The summed E-state index contributed by atoms with van der Waals surface area (Å²) < 4.78 is 5.87. The zero-order valence-corrected chi connectivity index (χ0v) is 13.4. The van der Waals surface area contributed by atoms with Gasteiger partial charge in [-0.05, 0) is 24.3 Å². The van der Waals surface area contributed by atoms with Crippen LogP contribution in [-0.2, 0) is 9.59 Å². The first-order valence-electron chi connectivity index (χ1n) is 6.18. The van der Waals surface area contributed by atoms with Crippen LogP contribution in [0.5, 0.6) is 5.75 Å². The smallest absolute Gasteiger partial charge is 0.258 e. The van der Waals surface area contributed by atoms with Gasteiger partial charge in [-0.25, -0.2) is 0 Å². The quantitative estimate of drug-likeness (QED) is 0.796. The van der Waals surface area contributed by atoms with E-state index in [0.29, 0.717) is 33.9 Å². The van der Waals surface area contributed by atoms with E-state index in [1.165, 1.54) is 16.7 Å². The summed E-state index contributed by atoms with van der Waals surface area (Å²) in [5.74, 6) is 0.681. The minimum atomic E-state index is -0.254. The van der Waals surface area contributed by atoms with E-state index in [1.54, 1.807) is 24.3 Å². The molecular weight excluding hydrogens is 332 g/mol. The fourth-order valence-electron chi connectivity index (χ4n) is 1.63. The Morgan fingerprint density at radius 1 is 1.43 bits per heavy atom. The monoisotopic (exact) mass is 344 g/mol. The number of thioether (sulfide) groups is 1. The van der Waals surface area contributed by atoms with Crippen molar-refractivity contribution < 1.29 is 14.3 Å². The van der Waals surface area contributed by atoms with Gasteiger partial charge < -0.3 is 10.1 Å². The third-order valence-electron chi connectivity index (χ3n) is 2.68. The number of amides is 2. The molecule has 5 nitrogen and oxygen atoms in total. The molecule has 0 aliphatic carbocycles. The SMILES string of the molecule is O=C(COc1ccc(Cl)cc1)NCCN1C(=O)CSC1=S. The van der Waals surface area contributed by atoms with Gasteiger partial charge >= 0.3 is 0 Å². The molecule has 0 atom stereocenters. The molecule has 1 aliphatic heterocycles. The van der Waals surface area contributed by atoms with Crippen LogP contribution < -0.4 is 10.1 Å². The number of rotatable bonds is 6. The van der Waals surface area contributed by atoms with Gasteiger partial charge in [0.15, 0.2) is 6.61 Å². The molecule has 1 heterocycles. The summed E-state index contributed by atoms with van der Waals surface area (Å²) in [4.78, 5) is 24.6. The van der Waals surface area contributed by atoms with Gasteiger partial charge in [0.1, 0.15) is 10.1 Å². The van der Waals surface area contributed by atoms with Crippen LogP contribution >= 0.6 is 35.6 Å². The fraction of sp³-hybridized carbons (Fsp3) is 0.308. The largest absolute Gasteiger partial charge is 0.484 e. The molecule has 1 saturated heterocycles. The second-order valence-corrected chi connectivity index (χ2v) is 6.24. The van der Waals surface area contributed by atoms with Crippen LogP contribution in [0.1, 0.15) is 0 Å². The second kappa shape index (κ2) is 7.63. The molecule has 21 heavy (non-hydrogen) atoms. The maximum absolute atomic E-state index is 11.6. The number of nitrogens with zero attached hydrogens (tertiary/aromatic N) is 1. The molecule has 0 bridgehead atoms. The highest BCUT2D eigenvalue weighted by molar-refractivity contribution is 8.23. The molecule has 1 aromatic rings. The summed E-state index contributed by atoms with van der Waals surface area (Å²) >= 11 is 12.1. The lowest BCUT2D eigenvalue weighted by molar-refractivity contribution is -0.125. The Balaban J connectivity index is 1.67. The van der Waals surface area contributed by atoms with Gasteiger partial charge in [0.05, 0.1) is 5.75 Å². The van der Waals surface area contributed by atoms with Crippen LogP contribution in [0.3, 0.4) is 0 Å². The molecule has 0 unspecified atom stereocenters. The molecule has 1 aromatic carbocycles. The van der Waals surface area contributed by atoms with Crippen molar-refractivity contribution >= 4 is 51.7 Å². The van der Waals surface area contributed by atoms with Gasteiger partial charge in [-0.1, -0.05) is 35.6 Å². The van der Waals surface area contributed by atoms with Crippen LogP contribution in [-0.4, -0.2) is 46.5 Å². The van der Waals surface area contributed by atoms with Gasteiger partial charge in [0.2, 0.25) is 5.91 Å². The first-order valence-corrected chi connectivity index (χ1v) is 7.95. The maximum Gasteiger partial charge on any atom is 0.258 e. The highest BCUT2D eigenvalue weighted by atomic mass is 35.5. The van der Waals surface area contributed by atoms with E-state index in [4.69, 9.17) is 28.6 Å². The zero-order valence-electron chi connectivity index (χ0n) is 11.0. The van der Waals surface area contributed by atoms with E-state index in [9.17, 15) is 9.59 Å². The Kier molecular flexibility index (Phi) is 5.84. The molecule has 1 N–H and O–H groups in total.